The van der Waals surface area contributed by atoms with Crippen LogP contribution in [0.4, 0.5) is 5.69 Å². The third-order valence-corrected chi connectivity index (χ3v) is 4.40. The highest BCUT2D eigenvalue weighted by atomic mass is 35.5. The maximum Gasteiger partial charge on any atom is 0.0877 e. The molecular formula is C15H18ClN3. The van der Waals surface area contributed by atoms with Crippen LogP contribution < -0.4 is 5.32 Å². The van der Waals surface area contributed by atoms with Gasteiger partial charge in [0.05, 0.1) is 11.4 Å². The average Bonchev–Trinajstić information content (AvgIpc) is 2.92. The van der Waals surface area contributed by atoms with E-state index in [-0.39, 0.29) is 0 Å². The fourth-order valence-corrected chi connectivity index (χ4v) is 2.44. The third kappa shape index (κ3) is 2.47. The van der Waals surface area contributed by atoms with Crippen LogP contribution in [0.2, 0.25) is 5.02 Å². The monoisotopic (exact) mass is 275 g/mol. The summed E-state index contributed by atoms with van der Waals surface area (Å²) in [5.41, 5.74) is 2.49. The first kappa shape index (κ1) is 12.5. The molecule has 1 fully saturated rings. The Labute approximate surface area is 118 Å². The van der Waals surface area contributed by atoms with Crippen molar-refractivity contribution in [1.82, 2.24) is 9.78 Å². The second kappa shape index (κ2) is 4.57. The van der Waals surface area contributed by atoms with Crippen molar-refractivity contribution >= 4 is 17.3 Å². The number of benzene rings is 1. The van der Waals surface area contributed by atoms with Crippen molar-refractivity contribution in [3.05, 3.63) is 41.7 Å². The summed E-state index contributed by atoms with van der Waals surface area (Å²) < 4.78 is 1.86. The van der Waals surface area contributed by atoms with Gasteiger partial charge in [0, 0.05) is 23.5 Å². The number of rotatable bonds is 4. The van der Waals surface area contributed by atoms with Gasteiger partial charge < -0.3 is 5.32 Å². The highest BCUT2D eigenvalue weighted by molar-refractivity contribution is 6.31. The smallest absolute Gasteiger partial charge is 0.0877 e. The first-order valence-electron chi connectivity index (χ1n) is 6.65. The number of nitrogens with one attached hydrogen (secondary N) is 1. The summed E-state index contributed by atoms with van der Waals surface area (Å²) in [5, 5.41) is 8.63. The van der Waals surface area contributed by atoms with E-state index >= 15 is 0 Å². The predicted molar refractivity (Wildman–Crippen MR) is 79.0 cm³/mol. The number of hydrogen-bond acceptors (Lipinski definition) is 2. The number of halogens is 1. The average molecular weight is 276 g/mol. The normalized spacial score (nSPS) is 18.1. The molecule has 0 radical (unpaired) electrons. The molecule has 2 aromatic rings. The molecule has 1 aromatic heterocycles. The molecule has 3 rings (SSSR count). The van der Waals surface area contributed by atoms with Crippen molar-refractivity contribution in [2.24, 2.45) is 5.41 Å². The second-order valence-corrected chi connectivity index (χ2v) is 6.07. The fourth-order valence-electron chi connectivity index (χ4n) is 2.27. The summed E-state index contributed by atoms with van der Waals surface area (Å²) >= 11 is 6.12. The molecule has 1 heterocycles. The quantitative estimate of drug-likeness (QED) is 0.909. The van der Waals surface area contributed by atoms with Crippen molar-refractivity contribution in [3.8, 4) is 5.69 Å². The van der Waals surface area contributed by atoms with Crippen LogP contribution in [-0.4, -0.2) is 15.8 Å². The second-order valence-electron chi connectivity index (χ2n) is 5.63. The van der Waals surface area contributed by atoms with E-state index in [0.717, 1.165) is 16.4 Å². The fraction of sp³-hybridized carbons (Fsp3) is 0.400. The van der Waals surface area contributed by atoms with Crippen LogP contribution in [0.5, 0.6) is 0 Å². The molecule has 19 heavy (non-hydrogen) atoms. The predicted octanol–water partition coefficient (Wildman–Crippen LogP) is 4.13. The highest BCUT2D eigenvalue weighted by Crippen LogP contribution is 2.49. The van der Waals surface area contributed by atoms with E-state index in [2.05, 4.69) is 24.3 Å². The zero-order chi connectivity index (χ0) is 13.5. The Kier molecular flexibility index (Phi) is 3.02. The van der Waals surface area contributed by atoms with Gasteiger partial charge in [0.2, 0.25) is 0 Å². The molecule has 100 valence electrons. The van der Waals surface area contributed by atoms with Gasteiger partial charge >= 0.3 is 0 Å². The molecule has 0 spiro atoms. The van der Waals surface area contributed by atoms with Gasteiger partial charge in [-0.05, 0) is 49.4 Å². The number of aromatic nitrogens is 2. The van der Waals surface area contributed by atoms with Gasteiger partial charge in [-0.1, -0.05) is 18.5 Å². The van der Waals surface area contributed by atoms with Gasteiger partial charge in [0.15, 0.2) is 0 Å². The Morgan fingerprint density at radius 3 is 2.84 bits per heavy atom. The molecule has 1 N–H and O–H groups in total. The molecule has 0 aliphatic heterocycles. The van der Waals surface area contributed by atoms with Crippen molar-refractivity contribution in [1.29, 1.82) is 0 Å². The van der Waals surface area contributed by atoms with Crippen LogP contribution >= 0.6 is 11.6 Å². The first-order valence-corrected chi connectivity index (χ1v) is 7.02. The largest absolute Gasteiger partial charge is 0.380 e. The van der Waals surface area contributed by atoms with Crippen LogP contribution in [0.15, 0.2) is 36.7 Å². The SMILES string of the molecule is CC(Nc1cc(Cl)ccc1-n1cccn1)C1(C)CC1. The molecule has 1 atom stereocenters. The highest BCUT2D eigenvalue weighted by Gasteiger charge is 2.42. The minimum Gasteiger partial charge on any atom is -0.380 e. The molecule has 1 aliphatic rings. The van der Waals surface area contributed by atoms with E-state index in [1.807, 2.05) is 35.1 Å². The zero-order valence-electron chi connectivity index (χ0n) is 11.2. The molecule has 1 saturated carbocycles. The van der Waals surface area contributed by atoms with Crippen LogP contribution in [0, 0.1) is 5.41 Å². The van der Waals surface area contributed by atoms with E-state index in [1.54, 1.807) is 6.20 Å². The molecule has 4 heteroatoms. The van der Waals surface area contributed by atoms with Gasteiger partial charge in [-0.15, -0.1) is 0 Å². The van der Waals surface area contributed by atoms with Gasteiger partial charge in [-0.3, -0.25) is 0 Å². The lowest BCUT2D eigenvalue weighted by atomic mass is 10.0. The molecule has 1 unspecified atom stereocenters. The van der Waals surface area contributed by atoms with Crippen molar-refractivity contribution in [2.45, 2.75) is 32.7 Å². The van der Waals surface area contributed by atoms with Crippen LogP contribution in [-0.2, 0) is 0 Å². The van der Waals surface area contributed by atoms with Crippen LogP contribution in [0.25, 0.3) is 5.69 Å². The lowest BCUT2D eigenvalue weighted by molar-refractivity contribution is 0.493. The summed E-state index contributed by atoms with van der Waals surface area (Å²) in [6.07, 6.45) is 6.31. The number of nitrogens with zero attached hydrogens (tertiary/aromatic N) is 2. The number of hydrogen-bond donors (Lipinski definition) is 1. The standard InChI is InChI=1S/C15H18ClN3/c1-11(15(2)6-7-15)18-13-10-12(16)4-5-14(13)19-9-3-8-17-19/h3-5,8-11,18H,6-7H2,1-2H3. The Bertz CT molecular complexity index is 573. The maximum atomic E-state index is 6.12. The summed E-state index contributed by atoms with van der Waals surface area (Å²) in [6, 6.07) is 8.22. The summed E-state index contributed by atoms with van der Waals surface area (Å²) in [4.78, 5) is 0. The Hall–Kier alpha value is -1.48. The number of anilines is 1. The van der Waals surface area contributed by atoms with Gasteiger partial charge in [-0.2, -0.15) is 5.10 Å². The molecular weight excluding hydrogens is 258 g/mol. The molecule has 0 saturated heterocycles. The molecule has 0 amide bonds. The molecule has 1 aliphatic carbocycles. The van der Waals surface area contributed by atoms with E-state index in [1.165, 1.54) is 12.8 Å². The van der Waals surface area contributed by atoms with E-state index in [0.29, 0.717) is 11.5 Å². The molecule has 1 aromatic carbocycles. The van der Waals surface area contributed by atoms with E-state index < -0.39 is 0 Å². The van der Waals surface area contributed by atoms with E-state index in [4.69, 9.17) is 11.6 Å². The molecule has 0 bridgehead atoms. The summed E-state index contributed by atoms with van der Waals surface area (Å²) in [7, 11) is 0. The lowest BCUT2D eigenvalue weighted by Crippen LogP contribution is -2.25. The topological polar surface area (TPSA) is 29.9 Å². The van der Waals surface area contributed by atoms with E-state index in [9.17, 15) is 0 Å². The maximum absolute atomic E-state index is 6.12. The zero-order valence-corrected chi connectivity index (χ0v) is 12.0. The van der Waals surface area contributed by atoms with Crippen molar-refractivity contribution < 1.29 is 0 Å². The Balaban J connectivity index is 1.93. The lowest BCUT2D eigenvalue weighted by Gasteiger charge is -2.23. The van der Waals surface area contributed by atoms with Crippen LogP contribution in [0.3, 0.4) is 0 Å². The van der Waals surface area contributed by atoms with Gasteiger partial charge in [0.25, 0.3) is 0 Å². The Morgan fingerprint density at radius 2 is 2.21 bits per heavy atom. The summed E-state index contributed by atoms with van der Waals surface area (Å²) in [6.45, 7) is 4.56. The van der Waals surface area contributed by atoms with Crippen LogP contribution in [0.1, 0.15) is 26.7 Å². The summed E-state index contributed by atoms with van der Waals surface area (Å²) in [5.74, 6) is 0. The van der Waals surface area contributed by atoms with Crippen molar-refractivity contribution in [2.75, 3.05) is 5.32 Å². The minimum atomic E-state index is 0.420. The first-order chi connectivity index (χ1) is 9.08. The Morgan fingerprint density at radius 1 is 1.42 bits per heavy atom. The minimum absolute atomic E-state index is 0.420. The van der Waals surface area contributed by atoms with Crippen molar-refractivity contribution in [3.63, 3.8) is 0 Å². The van der Waals surface area contributed by atoms with Gasteiger partial charge in [0.1, 0.15) is 0 Å². The molecule has 3 nitrogen and oxygen atoms in total. The van der Waals surface area contributed by atoms with Gasteiger partial charge in [-0.25, -0.2) is 4.68 Å². The third-order valence-electron chi connectivity index (χ3n) is 4.17.